The summed E-state index contributed by atoms with van der Waals surface area (Å²) in [6.07, 6.45) is 4.86. The summed E-state index contributed by atoms with van der Waals surface area (Å²) in [5.41, 5.74) is 4.20. The van der Waals surface area contributed by atoms with Gasteiger partial charge < -0.3 is 9.47 Å². The molecule has 0 saturated heterocycles. The van der Waals surface area contributed by atoms with E-state index < -0.39 is 0 Å². The molecule has 2 atom stereocenters. The molecule has 5 rings (SSSR count). The highest BCUT2D eigenvalue weighted by Crippen LogP contribution is 2.57. The van der Waals surface area contributed by atoms with Crippen LogP contribution in [0.1, 0.15) is 42.7 Å². The van der Waals surface area contributed by atoms with Gasteiger partial charge in [0.05, 0.1) is 14.2 Å². The van der Waals surface area contributed by atoms with E-state index in [-0.39, 0.29) is 0 Å². The normalized spacial score (nSPS) is 22.9. The molecule has 0 fully saturated rings. The first-order valence-corrected chi connectivity index (χ1v) is 7.61. The maximum Gasteiger partial charge on any atom is 0.131 e. The first-order valence-electron chi connectivity index (χ1n) is 7.61. The van der Waals surface area contributed by atoms with Gasteiger partial charge in [0.15, 0.2) is 0 Å². The standard InChI is InChI=1S/C19H20O2/c1-11-10-12-8-9-13(11)17-16(12)18(20-2)14-6-4-5-7-15(14)19(17)21-3/h4-7,10,12-13H,8-9H2,1-3H3/t12-,13+/m0/s1. The first kappa shape index (κ1) is 12.8. The molecule has 2 aromatic carbocycles. The number of hydrogen-bond donors (Lipinski definition) is 0. The van der Waals surface area contributed by atoms with Gasteiger partial charge in [0.2, 0.25) is 0 Å². The van der Waals surface area contributed by atoms with Gasteiger partial charge in [-0.1, -0.05) is 35.9 Å². The summed E-state index contributed by atoms with van der Waals surface area (Å²) < 4.78 is 11.7. The lowest BCUT2D eigenvalue weighted by atomic mass is 9.67. The second kappa shape index (κ2) is 4.52. The topological polar surface area (TPSA) is 18.5 Å². The van der Waals surface area contributed by atoms with Gasteiger partial charge in [0.1, 0.15) is 11.5 Å². The lowest BCUT2D eigenvalue weighted by Gasteiger charge is -2.39. The van der Waals surface area contributed by atoms with Crippen LogP contribution < -0.4 is 9.47 Å². The van der Waals surface area contributed by atoms with Crippen molar-refractivity contribution in [3.05, 3.63) is 47.0 Å². The van der Waals surface area contributed by atoms with Crippen LogP contribution in [0.15, 0.2) is 35.9 Å². The maximum absolute atomic E-state index is 5.84. The van der Waals surface area contributed by atoms with E-state index in [0.717, 1.165) is 22.3 Å². The van der Waals surface area contributed by atoms with Crippen LogP contribution in [0.3, 0.4) is 0 Å². The van der Waals surface area contributed by atoms with Crippen LogP contribution in [0, 0.1) is 0 Å². The Morgan fingerprint density at radius 1 is 0.905 bits per heavy atom. The summed E-state index contributed by atoms with van der Waals surface area (Å²) in [5, 5.41) is 2.32. The molecule has 0 N–H and O–H groups in total. The third kappa shape index (κ3) is 1.59. The number of hydrogen-bond acceptors (Lipinski definition) is 2. The Labute approximate surface area is 125 Å². The van der Waals surface area contributed by atoms with Gasteiger partial charge >= 0.3 is 0 Å². The van der Waals surface area contributed by atoms with Gasteiger partial charge in [0.25, 0.3) is 0 Å². The summed E-state index contributed by atoms with van der Waals surface area (Å²) in [6.45, 7) is 2.25. The molecule has 3 aliphatic carbocycles. The van der Waals surface area contributed by atoms with Gasteiger partial charge in [-0.15, -0.1) is 0 Å². The minimum atomic E-state index is 0.471. The Morgan fingerprint density at radius 2 is 1.52 bits per heavy atom. The fraction of sp³-hybridized carbons (Fsp3) is 0.368. The second-order valence-electron chi connectivity index (χ2n) is 6.09. The van der Waals surface area contributed by atoms with Crippen LogP contribution in [0.5, 0.6) is 11.5 Å². The number of methoxy groups -OCH3 is 2. The van der Waals surface area contributed by atoms with Crippen molar-refractivity contribution >= 4 is 10.8 Å². The Kier molecular flexibility index (Phi) is 2.75. The molecule has 108 valence electrons. The van der Waals surface area contributed by atoms with E-state index >= 15 is 0 Å². The molecule has 3 aliphatic rings. The predicted octanol–water partition coefficient (Wildman–Crippen LogP) is 4.78. The average molecular weight is 280 g/mol. The summed E-state index contributed by atoms with van der Waals surface area (Å²) in [5.74, 6) is 3.04. The van der Waals surface area contributed by atoms with Gasteiger partial charge in [-0.25, -0.2) is 0 Å². The van der Waals surface area contributed by atoms with Crippen LogP contribution in [-0.4, -0.2) is 14.2 Å². The molecule has 0 saturated carbocycles. The van der Waals surface area contributed by atoms with Gasteiger partial charge in [-0.05, 0) is 19.8 Å². The van der Waals surface area contributed by atoms with Crippen molar-refractivity contribution in [3.63, 3.8) is 0 Å². The molecule has 2 aromatic rings. The van der Waals surface area contributed by atoms with E-state index in [2.05, 4.69) is 37.3 Å². The van der Waals surface area contributed by atoms with Crippen molar-refractivity contribution in [2.45, 2.75) is 31.6 Å². The van der Waals surface area contributed by atoms with Crippen molar-refractivity contribution in [1.29, 1.82) is 0 Å². The summed E-state index contributed by atoms with van der Waals surface area (Å²) in [7, 11) is 3.57. The molecule has 21 heavy (non-hydrogen) atoms. The first-order chi connectivity index (χ1) is 10.3. The molecule has 0 heterocycles. The van der Waals surface area contributed by atoms with E-state index in [1.54, 1.807) is 14.2 Å². The fourth-order valence-electron chi connectivity index (χ4n) is 4.26. The van der Waals surface area contributed by atoms with Crippen LogP contribution in [0.2, 0.25) is 0 Å². The highest BCUT2D eigenvalue weighted by atomic mass is 16.5. The van der Waals surface area contributed by atoms with Crippen LogP contribution >= 0.6 is 0 Å². The fourth-order valence-corrected chi connectivity index (χ4v) is 4.26. The summed E-state index contributed by atoms with van der Waals surface area (Å²) in [4.78, 5) is 0. The molecule has 0 amide bonds. The minimum Gasteiger partial charge on any atom is -0.496 e. The minimum absolute atomic E-state index is 0.471. The number of ether oxygens (including phenoxy) is 2. The Hall–Kier alpha value is -1.96. The Balaban J connectivity index is 2.17. The van der Waals surface area contributed by atoms with Crippen molar-refractivity contribution in [1.82, 2.24) is 0 Å². The van der Waals surface area contributed by atoms with Crippen LogP contribution in [0.4, 0.5) is 0 Å². The third-order valence-corrected chi connectivity index (χ3v) is 5.10. The van der Waals surface area contributed by atoms with Gasteiger partial charge in [-0.3, -0.25) is 0 Å². The van der Waals surface area contributed by atoms with Crippen LogP contribution in [0.25, 0.3) is 10.8 Å². The van der Waals surface area contributed by atoms with Crippen molar-refractivity contribution in [3.8, 4) is 11.5 Å². The molecule has 0 aromatic heterocycles. The van der Waals surface area contributed by atoms with E-state index in [4.69, 9.17) is 9.47 Å². The number of rotatable bonds is 2. The second-order valence-corrected chi connectivity index (χ2v) is 6.09. The van der Waals surface area contributed by atoms with E-state index in [1.807, 2.05) is 0 Å². The van der Waals surface area contributed by atoms with Crippen molar-refractivity contribution in [2.24, 2.45) is 0 Å². The largest absolute Gasteiger partial charge is 0.496 e. The van der Waals surface area contributed by atoms with E-state index in [9.17, 15) is 0 Å². The molecule has 2 bridgehead atoms. The Morgan fingerprint density at radius 3 is 2.10 bits per heavy atom. The number of fused-ring (bicyclic) bond motifs is 2. The highest BCUT2D eigenvalue weighted by molar-refractivity contribution is 5.97. The lowest BCUT2D eigenvalue weighted by Crippen LogP contribution is -2.22. The van der Waals surface area contributed by atoms with E-state index in [0.29, 0.717) is 11.8 Å². The summed E-state index contributed by atoms with van der Waals surface area (Å²) in [6, 6.07) is 8.41. The van der Waals surface area contributed by atoms with Crippen molar-refractivity contribution in [2.75, 3.05) is 14.2 Å². The molecule has 0 aliphatic heterocycles. The monoisotopic (exact) mass is 280 g/mol. The third-order valence-electron chi connectivity index (χ3n) is 5.10. The maximum atomic E-state index is 5.84. The molecule has 0 unspecified atom stereocenters. The lowest BCUT2D eigenvalue weighted by molar-refractivity contribution is 0.383. The zero-order valence-electron chi connectivity index (χ0n) is 12.8. The molecule has 0 spiro atoms. The molecular formula is C19H20O2. The van der Waals surface area contributed by atoms with Gasteiger partial charge in [-0.2, -0.15) is 0 Å². The van der Waals surface area contributed by atoms with Gasteiger partial charge in [0, 0.05) is 33.7 Å². The highest BCUT2D eigenvalue weighted by Gasteiger charge is 2.38. The predicted molar refractivity (Wildman–Crippen MR) is 85.5 cm³/mol. The molecular weight excluding hydrogens is 260 g/mol. The van der Waals surface area contributed by atoms with Crippen LogP contribution in [-0.2, 0) is 0 Å². The molecule has 2 nitrogen and oxygen atoms in total. The summed E-state index contributed by atoms with van der Waals surface area (Å²) >= 11 is 0. The Bertz CT molecular complexity index is 758. The molecule has 2 heteroatoms. The van der Waals surface area contributed by atoms with Crippen molar-refractivity contribution < 1.29 is 9.47 Å². The SMILES string of the molecule is COc1c2c(c(OC)c3ccccc13)[C@@H]1CC[C@H]2C=C1C. The number of benzene rings is 2. The average Bonchev–Trinajstić information content (AvgIpc) is 2.52. The van der Waals surface area contributed by atoms with E-state index in [1.165, 1.54) is 29.5 Å². The smallest absolute Gasteiger partial charge is 0.131 e. The number of allylic oxidation sites excluding steroid dienone is 2. The zero-order chi connectivity index (χ0) is 14.6. The quantitative estimate of drug-likeness (QED) is 0.737. The molecule has 0 radical (unpaired) electrons. The zero-order valence-corrected chi connectivity index (χ0v) is 12.8.